The summed E-state index contributed by atoms with van der Waals surface area (Å²) >= 11 is 1.05. The highest BCUT2D eigenvalue weighted by Gasteiger charge is 2.16. The SMILES string of the molecule is CC=CCOC(=O)c1cc2c(=O)n(CCc3ccccc3)c(=O)[nH]c2s1. The van der Waals surface area contributed by atoms with Crippen LogP contribution in [0.4, 0.5) is 0 Å². The van der Waals surface area contributed by atoms with Crippen molar-refractivity contribution in [3.05, 3.63) is 79.8 Å². The van der Waals surface area contributed by atoms with E-state index in [1.54, 1.807) is 12.2 Å². The molecule has 0 aliphatic rings. The fourth-order valence-corrected chi connectivity index (χ4v) is 3.46. The van der Waals surface area contributed by atoms with Crippen molar-refractivity contribution in [2.24, 2.45) is 0 Å². The number of aryl methyl sites for hydroxylation is 1. The number of carbonyl (C=O) groups excluding carboxylic acids is 1. The van der Waals surface area contributed by atoms with Crippen LogP contribution in [-0.4, -0.2) is 22.1 Å². The molecule has 7 heteroatoms. The van der Waals surface area contributed by atoms with Gasteiger partial charge in [-0.05, 0) is 25.0 Å². The van der Waals surface area contributed by atoms with Crippen LogP contribution in [0.25, 0.3) is 10.2 Å². The number of carbonyl (C=O) groups is 1. The number of thiophene rings is 1. The van der Waals surface area contributed by atoms with Gasteiger partial charge in [0.25, 0.3) is 5.56 Å². The zero-order valence-electron chi connectivity index (χ0n) is 14.2. The van der Waals surface area contributed by atoms with E-state index in [0.717, 1.165) is 21.5 Å². The van der Waals surface area contributed by atoms with Crippen LogP contribution in [0, 0.1) is 0 Å². The Morgan fingerprint density at radius 2 is 2.04 bits per heavy atom. The number of hydrogen-bond acceptors (Lipinski definition) is 5. The quantitative estimate of drug-likeness (QED) is 0.534. The molecule has 1 aromatic carbocycles. The summed E-state index contributed by atoms with van der Waals surface area (Å²) in [4.78, 5) is 40.3. The molecule has 0 spiro atoms. The van der Waals surface area contributed by atoms with Gasteiger partial charge in [0, 0.05) is 6.54 Å². The number of rotatable bonds is 6. The van der Waals surface area contributed by atoms with E-state index in [0.29, 0.717) is 16.6 Å². The van der Waals surface area contributed by atoms with Crippen LogP contribution in [0.5, 0.6) is 0 Å². The number of esters is 1. The summed E-state index contributed by atoms with van der Waals surface area (Å²) in [5, 5.41) is 0.320. The van der Waals surface area contributed by atoms with E-state index in [1.807, 2.05) is 37.3 Å². The fourth-order valence-electron chi connectivity index (χ4n) is 2.53. The Balaban J connectivity index is 1.88. The van der Waals surface area contributed by atoms with Crippen molar-refractivity contribution < 1.29 is 9.53 Å². The molecule has 0 bridgehead atoms. The average Bonchev–Trinajstić information content (AvgIpc) is 3.07. The lowest BCUT2D eigenvalue weighted by Crippen LogP contribution is -2.35. The van der Waals surface area contributed by atoms with Gasteiger partial charge in [-0.1, -0.05) is 42.5 Å². The molecule has 0 aliphatic carbocycles. The van der Waals surface area contributed by atoms with Crippen LogP contribution in [0.2, 0.25) is 0 Å². The fraction of sp³-hybridized carbons (Fsp3) is 0.211. The van der Waals surface area contributed by atoms with Gasteiger partial charge in [-0.25, -0.2) is 9.59 Å². The third kappa shape index (κ3) is 3.83. The number of nitrogens with zero attached hydrogens (tertiary/aromatic N) is 1. The van der Waals surface area contributed by atoms with E-state index in [1.165, 1.54) is 6.07 Å². The number of ether oxygens (including phenoxy) is 1. The number of allylic oxidation sites excluding steroid dienone is 1. The Morgan fingerprint density at radius 1 is 1.27 bits per heavy atom. The lowest BCUT2D eigenvalue weighted by molar-refractivity contribution is 0.0555. The highest BCUT2D eigenvalue weighted by atomic mass is 32.1. The summed E-state index contributed by atoms with van der Waals surface area (Å²) in [5.41, 5.74) is 0.162. The molecule has 3 aromatic rings. The van der Waals surface area contributed by atoms with E-state index in [4.69, 9.17) is 4.74 Å². The lowest BCUT2D eigenvalue weighted by Gasteiger charge is -2.04. The topological polar surface area (TPSA) is 81.2 Å². The molecule has 6 nitrogen and oxygen atoms in total. The molecule has 0 aliphatic heterocycles. The van der Waals surface area contributed by atoms with Gasteiger partial charge in [0.2, 0.25) is 0 Å². The third-order valence-electron chi connectivity index (χ3n) is 3.89. The molecular formula is C19H18N2O4S. The second-order valence-electron chi connectivity index (χ2n) is 5.64. The summed E-state index contributed by atoms with van der Waals surface area (Å²) in [7, 11) is 0. The zero-order valence-corrected chi connectivity index (χ0v) is 15.0. The molecule has 0 radical (unpaired) electrons. The molecule has 134 valence electrons. The van der Waals surface area contributed by atoms with Gasteiger partial charge in [-0.3, -0.25) is 14.3 Å². The Labute approximate surface area is 153 Å². The van der Waals surface area contributed by atoms with Crippen molar-refractivity contribution >= 4 is 27.5 Å². The number of benzene rings is 1. The minimum absolute atomic E-state index is 0.168. The van der Waals surface area contributed by atoms with E-state index in [-0.39, 0.29) is 18.0 Å². The van der Waals surface area contributed by atoms with Crippen LogP contribution >= 0.6 is 11.3 Å². The van der Waals surface area contributed by atoms with Gasteiger partial charge in [-0.2, -0.15) is 0 Å². The Bertz CT molecular complexity index is 1060. The molecule has 0 saturated heterocycles. The third-order valence-corrected chi connectivity index (χ3v) is 4.92. The molecule has 2 heterocycles. The number of H-pyrrole nitrogens is 1. The minimum Gasteiger partial charge on any atom is -0.457 e. The summed E-state index contributed by atoms with van der Waals surface area (Å²) in [6.07, 6.45) is 4.06. The Hall–Kier alpha value is -2.93. The van der Waals surface area contributed by atoms with Crippen LogP contribution in [-0.2, 0) is 17.7 Å². The molecule has 26 heavy (non-hydrogen) atoms. The van der Waals surface area contributed by atoms with E-state index >= 15 is 0 Å². The van der Waals surface area contributed by atoms with Crippen molar-refractivity contribution in [1.82, 2.24) is 9.55 Å². The second kappa shape index (κ2) is 7.97. The maximum atomic E-state index is 12.7. The lowest BCUT2D eigenvalue weighted by atomic mass is 10.1. The number of aromatic amines is 1. The standard InChI is InChI=1S/C19H18N2O4S/c1-2-3-11-25-18(23)15-12-14-16(26-15)20-19(24)21(17(14)22)10-9-13-7-5-4-6-8-13/h2-8,12H,9-11H2,1H3,(H,20,24). The van der Waals surface area contributed by atoms with E-state index < -0.39 is 17.2 Å². The number of hydrogen-bond donors (Lipinski definition) is 1. The molecule has 1 N–H and O–H groups in total. The van der Waals surface area contributed by atoms with Gasteiger partial charge in [0.1, 0.15) is 16.3 Å². The zero-order chi connectivity index (χ0) is 18.5. The highest BCUT2D eigenvalue weighted by molar-refractivity contribution is 7.20. The predicted octanol–water partition coefficient (Wildman–Crippen LogP) is 2.73. The molecule has 0 saturated carbocycles. The maximum Gasteiger partial charge on any atom is 0.348 e. The number of fused-ring (bicyclic) bond motifs is 1. The van der Waals surface area contributed by atoms with Crippen molar-refractivity contribution in [3.8, 4) is 0 Å². The highest BCUT2D eigenvalue weighted by Crippen LogP contribution is 2.21. The number of aromatic nitrogens is 2. The van der Waals surface area contributed by atoms with Crippen molar-refractivity contribution in [3.63, 3.8) is 0 Å². The van der Waals surface area contributed by atoms with Crippen molar-refractivity contribution in [2.45, 2.75) is 19.9 Å². The van der Waals surface area contributed by atoms with E-state index in [2.05, 4.69) is 4.98 Å². The molecule has 0 atom stereocenters. The molecule has 0 fully saturated rings. The normalized spacial score (nSPS) is 11.3. The first-order valence-electron chi connectivity index (χ1n) is 8.19. The summed E-state index contributed by atoms with van der Waals surface area (Å²) in [6, 6.07) is 11.1. The smallest absolute Gasteiger partial charge is 0.348 e. The van der Waals surface area contributed by atoms with Crippen LogP contribution < -0.4 is 11.2 Å². The average molecular weight is 370 g/mol. The summed E-state index contributed by atoms with van der Waals surface area (Å²) in [6.45, 7) is 2.27. The van der Waals surface area contributed by atoms with Gasteiger partial charge < -0.3 is 4.74 Å². The first-order chi connectivity index (χ1) is 12.6. The monoisotopic (exact) mass is 370 g/mol. The molecule has 2 aromatic heterocycles. The van der Waals surface area contributed by atoms with Crippen LogP contribution in [0.15, 0.2) is 58.1 Å². The Morgan fingerprint density at radius 3 is 2.77 bits per heavy atom. The van der Waals surface area contributed by atoms with E-state index in [9.17, 15) is 14.4 Å². The summed E-state index contributed by atoms with van der Waals surface area (Å²) in [5.74, 6) is -0.514. The predicted molar refractivity (Wildman–Crippen MR) is 102 cm³/mol. The first kappa shape index (κ1) is 17.9. The van der Waals surface area contributed by atoms with Gasteiger partial charge in [-0.15, -0.1) is 11.3 Å². The molecule has 0 unspecified atom stereocenters. The molecule has 0 amide bonds. The maximum absolute atomic E-state index is 12.7. The first-order valence-corrected chi connectivity index (χ1v) is 9.00. The minimum atomic E-state index is -0.514. The summed E-state index contributed by atoms with van der Waals surface area (Å²) < 4.78 is 6.25. The van der Waals surface area contributed by atoms with Gasteiger partial charge >= 0.3 is 11.7 Å². The van der Waals surface area contributed by atoms with Gasteiger partial charge in [0.15, 0.2) is 0 Å². The van der Waals surface area contributed by atoms with Gasteiger partial charge in [0.05, 0.1) is 5.39 Å². The largest absolute Gasteiger partial charge is 0.457 e. The molecule has 3 rings (SSSR count). The Kier molecular flexibility index (Phi) is 5.48. The van der Waals surface area contributed by atoms with Crippen LogP contribution in [0.1, 0.15) is 22.2 Å². The second-order valence-corrected chi connectivity index (χ2v) is 6.70. The van der Waals surface area contributed by atoms with Crippen molar-refractivity contribution in [2.75, 3.05) is 6.61 Å². The van der Waals surface area contributed by atoms with Crippen LogP contribution in [0.3, 0.4) is 0 Å². The number of nitrogens with one attached hydrogen (secondary N) is 1. The molecular weight excluding hydrogens is 352 g/mol. The van der Waals surface area contributed by atoms with Crippen molar-refractivity contribution in [1.29, 1.82) is 0 Å².